The van der Waals surface area contributed by atoms with E-state index in [-0.39, 0.29) is 5.91 Å². The van der Waals surface area contributed by atoms with Gasteiger partial charge in [-0.1, -0.05) is 26.0 Å². The number of benzene rings is 1. The van der Waals surface area contributed by atoms with Gasteiger partial charge in [0.1, 0.15) is 6.61 Å². The summed E-state index contributed by atoms with van der Waals surface area (Å²) >= 11 is 0. The summed E-state index contributed by atoms with van der Waals surface area (Å²) in [5.41, 5.74) is 1.97. The molecule has 1 amide bonds. The Kier molecular flexibility index (Phi) is 5.15. The maximum atomic E-state index is 11.2. The van der Waals surface area contributed by atoms with Gasteiger partial charge in [-0.25, -0.2) is 0 Å². The summed E-state index contributed by atoms with van der Waals surface area (Å²) in [4.78, 5) is 13.7. The van der Waals surface area contributed by atoms with Crippen molar-refractivity contribution in [3.05, 3.63) is 29.8 Å². The van der Waals surface area contributed by atoms with Gasteiger partial charge in [0.2, 0.25) is 5.91 Å². The highest BCUT2D eigenvalue weighted by molar-refractivity contribution is 5.91. The average Bonchev–Trinajstić information content (AvgIpc) is 2.76. The highest BCUT2D eigenvalue weighted by atomic mass is 16.3. The molecule has 1 fully saturated rings. The van der Waals surface area contributed by atoms with E-state index in [0.717, 1.165) is 30.5 Å². The van der Waals surface area contributed by atoms with Gasteiger partial charge in [-0.2, -0.15) is 0 Å². The van der Waals surface area contributed by atoms with E-state index in [0.29, 0.717) is 0 Å². The molecule has 0 radical (unpaired) electrons. The lowest BCUT2D eigenvalue weighted by Gasteiger charge is -2.15. The van der Waals surface area contributed by atoms with Crippen LogP contribution in [-0.4, -0.2) is 42.2 Å². The first-order valence-electron chi connectivity index (χ1n) is 7.30. The number of aliphatic hydroxyl groups excluding tert-OH is 1. The van der Waals surface area contributed by atoms with Gasteiger partial charge < -0.3 is 15.3 Å². The van der Waals surface area contributed by atoms with E-state index < -0.39 is 6.61 Å². The first kappa shape index (κ1) is 15.0. The van der Waals surface area contributed by atoms with E-state index in [9.17, 15) is 4.79 Å². The number of likely N-dealkylation sites (tertiary alicyclic amines) is 1. The number of hydrogen-bond donors (Lipinski definition) is 2. The van der Waals surface area contributed by atoms with E-state index in [1.807, 2.05) is 18.2 Å². The molecular weight excluding hydrogens is 252 g/mol. The molecule has 1 aliphatic rings. The monoisotopic (exact) mass is 276 g/mol. The lowest BCUT2D eigenvalue weighted by atomic mass is 10.0. The lowest BCUT2D eigenvalue weighted by Crippen LogP contribution is -2.23. The van der Waals surface area contributed by atoms with Crippen molar-refractivity contribution in [3.63, 3.8) is 0 Å². The lowest BCUT2D eigenvalue weighted by molar-refractivity contribution is -0.118. The number of rotatable bonds is 5. The molecule has 2 atom stereocenters. The van der Waals surface area contributed by atoms with Crippen LogP contribution in [-0.2, 0) is 11.2 Å². The van der Waals surface area contributed by atoms with Crippen molar-refractivity contribution < 1.29 is 9.90 Å². The van der Waals surface area contributed by atoms with Gasteiger partial charge >= 0.3 is 0 Å². The van der Waals surface area contributed by atoms with E-state index in [1.165, 1.54) is 18.7 Å². The van der Waals surface area contributed by atoms with Gasteiger partial charge in [0, 0.05) is 25.3 Å². The summed E-state index contributed by atoms with van der Waals surface area (Å²) in [5.74, 6) is 1.19. The van der Waals surface area contributed by atoms with Crippen LogP contribution < -0.4 is 5.32 Å². The molecule has 0 spiro atoms. The summed E-state index contributed by atoms with van der Waals surface area (Å²) in [6, 6.07) is 7.85. The third-order valence-electron chi connectivity index (χ3n) is 4.13. The fourth-order valence-corrected chi connectivity index (χ4v) is 2.72. The number of carbonyl (C=O) groups is 1. The van der Waals surface area contributed by atoms with E-state index in [2.05, 4.69) is 30.1 Å². The standard InChI is InChI=1S/C16H24N2O2/c1-12-9-18(10-13(12)2)7-6-14-4-3-5-15(8-14)17-16(20)11-19/h3-5,8,12-13,19H,6-7,9-11H2,1-2H3,(H,17,20). The summed E-state index contributed by atoms with van der Waals surface area (Å²) in [5, 5.41) is 11.4. The third kappa shape index (κ3) is 4.05. The third-order valence-corrected chi connectivity index (χ3v) is 4.13. The molecule has 1 aromatic rings. The highest BCUT2D eigenvalue weighted by Gasteiger charge is 2.25. The minimum atomic E-state index is -0.478. The summed E-state index contributed by atoms with van der Waals surface area (Å²) < 4.78 is 0. The SMILES string of the molecule is CC1CN(CCc2cccc(NC(=O)CO)c2)CC1C. The van der Waals surface area contributed by atoms with Crippen LogP contribution in [0.1, 0.15) is 19.4 Å². The maximum Gasteiger partial charge on any atom is 0.250 e. The topological polar surface area (TPSA) is 52.6 Å². The normalized spacial score (nSPS) is 22.9. The minimum absolute atomic E-state index is 0.371. The zero-order valence-corrected chi connectivity index (χ0v) is 12.3. The van der Waals surface area contributed by atoms with Crippen LogP contribution >= 0.6 is 0 Å². The van der Waals surface area contributed by atoms with Gasteiger partial charge in [-0.3, -0.25) is 4.79 Å². The quantitative estimate of drug-likeness (QED) is 0.861. The zero-order chi connectivity index (χ0) is 14.5. The number of hydrogen-bond acceptors (Lipinski definition) is 3. The van der Waals surface area contributed by atoms with E-state index in [1.54, 1.807) is 0 Å². The Balaban J connectivity index is 1.87. The molecule has 110 valence electrons. The first-order chi connectivity index (χ1) is 9.58. The molecule has 20 heavy (non-hydrogen) atoms. The maximum absolute atomic E-state index is 11.2. The molecule has 0 aliphatic carbocycles. The predicted molar refractivity (Wildman–Crippen MR) is 80.6 cm³/mol. The van der Waals surface area contributed by atoms with Gasteiger partial charge in [0.15, 0.2) is 0 Å². The highest BCUT2D eigenvalue weighted by Crippen LogP contribution is 2.22. The Labute approximate surface area is 120 Å². The molecule has 2 unspecified atom stereocenters. The van der Waals surface area contributed by atoms with Crippen molar-refractivity contribution in [1.82, 2.24) is 4.90 Å². The molecule has 0 saturated carbocycles. The molecule has 1 aliphatic heterocycles. The Morgan fingerprint density at radius 3 is 2.70 bits per heavy atom. The van der Waals surface area contributed by atoms with Gasteiger partial charge in [-0.05, 0) is 36.0 Å². The Bertz CT molecular complexity index is 452. The summed E-state index contributed by atoms with van der Waals surface area (Å²) in [6.45, 7) is 7.58. The minimum Gasteiger partial charge on any atom is -0.387 e. The summed E-state index contributed by atoms with van der Waals surface area (Å²) in [7, 11) is 0. The van der Waals surface area contributed by atoms with Crippen LogP contribution in [0.2, 0.25) is 0 Å². The summed E-state index contributed by atoms with van der Waals surface area (Å²) in [6.07, 6.45) is 0.988. The van der Waals surface area contributed by atoms with Gasteiger partial charge in [0.05, 0.1) is 0 Å². The van der Waals surface area contributed by atoms with Crippen molar-refractivity contribution in [2.45, 2.75) is 20.3 Å². The number of carbonyl (C=O) groups excluding carboxylic acids is 1. The number of anilines is 1. The Morgan fingerprint density at radius 1 is 1.35 bits per heavy atom. The first-order valence-corrected chi connectivity index (χ1v) is 7.30. The van der Waals surface area contributed by atoms with Crippen molar-refractivity contribution in [1.29, 1.82) is 0 Å². The molecule has 1 saturated heterocycles. The fourth-order valence-electron chi connectivity index (χ4n) is 2.72. The smallest absolute Gasteiger partial charge is 0.250 e. The van der Waals surface area contributed by atoms with Gasteiger partial charge in [-0.15, -0.1) is 0 Å². The number of nitrogens with one attached hydrogen (secondary N) is 1. The molecule has 4 nitrogen and oxygen atoms in total. The average molecular weight is 276 g/mol. The zero-order valence-electron chi connectivity index (χ0n) is 12.3. The molecule has 2 N–H and O–H groups in total. The predicted octanol–water partition coefficient (Wildman–Crippen LogP) is 1.75. The van der Waals surface area contributed by atoms with Crippen LogP contribution in [0.15, 0.2) is 24.3 Å². The molecule has 4 heteroatoms. The second-order valence-electron chi connectivity index (χ2n) is 5.87. The van der Waals surface area contributed by atoms with Crippen LogP contribution in [0.5, 0.6) is 0 Å². The van der Waals surface area contributed by atoms with E-state index in [4.69, 9.17) is 5.11 Å². The van der Waals surface area contributed by atoms with Gasteiger partial charge in [0.25, 0.3) is 0 Å². The van der Waals surface area contributed by atoms with Crippen molar-refractivity contribution in [2.75, 3.05) is 31.6 Å². The number of aliphatic hydroxyl groups is 1. The second-order valence-corrected chi connectivity index (χ2v) is 5.87. The van der Waals surface area contributed by atoms with Crippen LogP contribution in [0.25, 0.3) is 0 Å². The second kappa shape index (κ2) is 6.86. The Morgan fingerprint density at radius 2 is 2.05 bits per heavy atom. The number of nitrogens with zero attached hydrogens (tertiary/aromatic N) is 1. The van der Waals surface area contributed by atoms with Crippen LogP contribution in [0.4, 0.5) is 5.69 Å². The van der Waals surface area contributed by atoms with Crippen molar-refractivity contribution in [2.24, 2.45) is 11.8 Å². The van der Waals surface area contributed by atoms with Crippen LogP contribution in [0, 0.1) is 11.8 Å². The molecule has 2 rings (SSSR count). The Hall–Kier alpha value is -1.39. The molecule has 0 aromatic heterocycles. The molecule has 0 bridgehead atoms. The van der Waals surface area contributed by atoms with E-state index >= 15 is 0 Å². The van der Waals surface area contributed by atoms with Crippen LogP contribution in [0.3, 0.4) is 0 Å². The molecule has 1 aromatic carbocycles. The van der Waals surface area contributed by atoms with Crippen molar-refractivity contribution in [3.8, 4) is 0 Å². The molecule has 1 heterocycles. The number of amides is 1. The fraction of sp³-hybridized carbons (Fsp3) is 0.562. The molecular formula is C16H24N2O2. The van der Waals surface area contributed by atoms with Crippen molar-refractivity contribution >= 4 is 11.6 Å². The largest absolute Gasteiger partial charge is 0.387 e.